The fourth-order valence-corrected chi connectivity index (χ4v) is 2.87. The van der Waals surface area contributed by atoms with Crippen molar-refractivity contribution in [1.82, 2.24) is 15.2 Å². The van der Waals surface area contributed by atoms with Crippen LogP contribution >= 0.6 is 11.6 Å². The zero-order valence-electron chi connectivity index (χ0n) is 12.1. The van der Waals surface area contributed by atoms with Crippen molar-refractivity contribution >= 4 is 11.6 Å². The van der Waals surface area contributed by atoms with Crippen LogP contribution in [0, 0.1) is 0 Å². The molecular weight excluding hydrogens is 274 g/mol. The lowest BCUT2D eigenvalue weighted by atomic mass is 10.0. The Balaban J connectivity index is 1.88. The van der Waals surface area contributed by atoms with E-state index >= 15 is 0 Å². The first-order valence-electron chi connectivity index (χ1n) is 7.33. The smallest absolute Gasteiger partial charge is 0.0634 e. The predicted molar refractivity (Wildman–Crippen MR) is 82.0 cm³/mol. The van der Waals surface area contributed by atoms with Crippen molar-refractivity contribution in [3.05, 3.63) is 29.0 Å². The summed E-state index contributed by atoms with van der Waals surface area (Å²) in [4.78, 5) is 6.58. The molecule has 2 heterocycles. The minimum Gasteiger partial charge on any atom is -0.383 e. The van der Waals surface area contributed by atoms with Crippen LogP contribution < -0.4 is 5.32 Å². The highest BCUT2D eigenvalue weighted by Gasteiger charge is 2.22. The van der Waals surface area contributed by atoms with Crippen molar-refractivity contribution in [3.63, 3.8) is 0 Å². The van der Waals surface area contributed by atoms with Gasteiger partial charge in [0.15, 0.2) is 0 Å². The van der Waals surface area contributed by atoms with Crippen LogP contribution in [-0.2, 0) is 11.3 Å². The van der Waals surface area contributed by atoms with Crippen LogP contribution in [0.4, 0.5) is 0 Å². The molecule has 0 saturated carbocycles. The Morgan fingerprint density at radius 1 is 1.50 bits per heavy atom. The standard InChI is InChI=1S/C15H24ClN3O/c1-20-9-7-18-10-14-4-2-3-8-19(14)12-13-5-6-17-11-15(13)16/h5-6,11,14,18H,2-4,7-10,12H2,1H3. The molecule has 0 spiro atoms. The molecule has 0 aromatic carbocycles. The van der Waals surface area contributed by atoms with Gasteiger partial charge in [-0.05, 0) is 31.0 Å². The van der Waals surface area contributed by atoms with Crippen LogP contribution in [0.15, 0.2) is 18.5 Å². The lowest BCUT2D eigenvalue weighted by molar-refractivity contribution is 0.133. The molecule has 0 bridgehead atoms. The van der Waals surface area contributed by atoms with Crippen molar-refractivity contribution in [2.24, 2.45) is 0 Å². The summed E-state index contributed by atoms with van der Waals surface area (Å²) in [7, 11) is 1.74. The molecule has 0 radical (unpaired) electrons. The van der Waals surface area contributed by atoms with Crippen LogP contribution in [0.3, 0.4) is 0 Å². The summed E-state index contributed by atoms with van der Waals surface area (Å²) in [6.07, 6.45) is 7.39. The normalized spacial score (nSPS) is 20.2. The van der Waals surface area contributed by atoms with Gasteiger partial charge in [-0.15, -0.1) is 0 Å². The molecule has 112 valence electrons. The summed E-state index contributed by atoms with van der Waals surface area (Å²) in [6.45, 7) is 4.76. The van der Waals surface area contributed by atoms with E-state index in [1.807, 2.05) is 12.3 Å². The van der Waals surface area contributed by atoms with Crippen molar-refractivity contribution < 1.29 is 4.74 Å². The Morgan fingerprint density at radius 3 is 3.20 bits per heavy atom. The van der Waals surface area contributed by atoms with Crippen LogP contribution in [-0.4, -0.2) is 49.3 Å². The summed E-state index contributed by atoms with van der Waals surface area (Å²) in [5, 5.41) is 4.24. The number of likely N-dealkylation sites (tertiary alicyclic amines) is 1. The molecule has 1 fully saturated rings. The number of halogens is 1. The zero-order chi connectivity index (χ0) is 14.2. The number of nitrogens with one attached hydrogen (secondary N) is 1. The van der Waals surface area contributed by atoms with E-state index in [0.29, 0.717) is 6.04 Å². The lowest BCUT2D eigenvalue weighted by Gasteiger charge is -2.36. The maximum absolute atomic E-state index is 6.22. The number of hydrogen-bond donors (Lipinski definition) is 1. The predicted octanol–water partition coefficient (Wildman–Crippen LogP) is 2.33. The van der Waals surface area contributed by atoms with Gasteiger partial charge in [0.05, 0.1) is 11.6 Å². The fourth-order valence-electron chi connectivity index (χ4n) is 2.69. The molecule has 1 aromatic rings. The van der Waals surface area contributed by atoms with Crippen LogP contribution in [0.5, 0.6) is 0 Å². The van der Waals surface area contributed by atoms with E-state index in [9.17, 15) is 0 Å². The average molecular weight is 298 g/mol. The highest BCUT2D eigenvalue weighted by atomic mass is 35.5. The summed E-state index contributed by atoms with van der Waals surface area (Å²) < 4.78 is 5.07. The molecule has 1 unspecified atom stereocenters. The zero-order valence-corrected chi connectivity index (χ0v) is 12.9. The van der Waals surface area contributed by atoms with Gasteiger partial charge in [-0.1, -0.05) is 18.0 Å². The molecule has 1 saturated heterocycles. The molecule has 1 aliphatic heterocycles. The van der Waals surface area contributed by atoms with Gasteiger partial charge in [-0.2, -0.15) is 0 Å². The minimum absolute atomic E-state index is 0.588. The second kappa shape index (κ2) is 8.57. The third-order valence-electron chi connectivity index (χ3n) is 3.84. The van der Waals surface area contributed by atoms with E-state index in [0.717, 1.165) is 37.8 Å². The van der Waals surface area contributed by atoms with E-state index in [-0.39, 0.29) is 0 Å². The molecule has 4 nitrogen and oxygen atoms in total. The molecule has 1 aliphatic rings. The van der Waals surface area contributed by atoms with Crippen LogP contribution in [0.25, 0.3) is 0 Å². The topological polar surface area (TPSA) is 37.4 Å². The molecule has 1 aromatic heterocycles. The van der Waals surface area contributed by atoms with Crippen molar-refractivity contribution in [3.8, 4) is 0 Å². The summed E-state index contributed by atoms with van der Waals surface area (Å²) in [5.74, 6) is 0. The number of nitrogens with zero attached hydrogens (tertiary/aromatic N) is 2. The molecule has 0 amide bonds. The quantitative estimate of drug-likeness (QED) is 0.784. The van der Waals surface area contributed by atoms with Gasteiger partial charge >= 0.3 is 0 Å². The first-order chi connectivity index (χ1) is 9.81. The molecule has 5 heteroatoms. The number of hydrogen-bond acceptors (Lipinski definition) is 4. The van der Waals surface area contributed by atoms with E-state index in [1.165, 1.54) is 24.8 Å². The Bertz CT molecular complexity index is 402. The van der Waals surface area contributed by atoms with Crippen LogP contribution in [0.2, 0.25) is 5.02 Å². The Morgan fingerprint density at radius 2 is 2.40 bits per heavy atom. The fraction of sp³-hybridized carbons (Fsp3) is 0.667. The molecule has 20 heavy (non-hydrogen) atoms. The minimum atomic E-state index is 0.588. The summed E-state index contributed by atoms with van der Waals surface area (Å²) in [6, 6.07) is 2.61. The van der Waals surface area contributed by atoms with Gasteiger partial charge in [-0.3, -0.25) is 9.88 Å². The van der Waals surface area contributed by atoms with Gasteiger partial charge < -0.3 is 10.1 Å². The first-order valence-corrected chi connectivity index (χ1v) is 7.71. The Labute approximate surface area is 126 Å². The van der Waals surface area contributed by atoms with E-state index < -0.39 is 0 Å². The van der Waals surface area contributed by atoms with Gasteiger partial charge in [0.25, 0.3) is 0 Å². The summed E-state index contributed by atoms with van der Waals surface area (Å²) >= 11 is 6.22. The van der Waals surface area contributed by atoms with Gasteiger partial charge in [0, 0.05) is 45.2 Å². The van der Waals surface area contributed by atoms with Crippen molar-refractivity contribution in [2.45, 2.75) is 31.8 Å². The molecule has 1 atom stereocenters. The van der Waals surface area contributed by atoms with Gasteiger partial charge in [0.2, 0.25) is 0 Å². The SMILES string of the molecule is COCCNCC1CCCCN1Cc1ccncc1Cl. The monoisotopic (exact) mass is 297 g/mol. The molecular formula is C15H24ClN3O. The van der Waals surface area contributed by atoms with E-state index in [4.69, 9.17) is 16.3 Å². The Hall–Kier alpha value is -0.680. The molecule has 1 N–H and O–H groups in total. The third-order valence-corrected chi connectivity index (χ3v) is 4.18. The number of pyridine rings is 1. The Kier molecular flexibility index (Phi) is 6.73. The molecule has 0 aliphatic carbocycles. The number of rotatable bonds is 7. The van der Waals surface area contributed by atoms with Gasteiger partial charge in [0.1, 0.15) is 0 Å². The van der Waals surface area contributed by atoms with Gasteiger partial charge in [-0.25, -0.2) is 0 Å². The maximum Gasteiger partial charge on any atom is 0.0634 e. The van der Waals surface area contributed by atoms with Crippen molar-refractivity contribution in [2.75, 3.05) is 33.4 Å². The average Bonchev–Trinajstić information content (AvgIpc) is 2.47. The maximum atomic E-state index is 6.22. The number of ether oxygens (including phenoxy) is 1. The highest BCUT2D eigenvalue weighted by molar-refractivity contribution is 6.31. The lowest BCUT2D eigenvalue weighted by Crippen LogP contribution is -2.45. The van der Waals surface area contributed by atoms with Crippen LogP contribution in [0.1, 0.15) is 24.8 Å². The first kappa shape index (κ1) is 15.7. The largest absolute Gasteiger partial charge is 0.383 e. The summed E-state index contributed by atoms with van der Waals surface area (Å²) in [5.41, 5.74) is 1.17. The van der Waals surface area contributed by atoms with Crippen molar-refractivity contribution in [1.29, 1.82) is 0 Å². The second-order valence-electron chi connectivity index (χ2n) is 5.28. The highest BCUT2D eigenvalue weighted by Crippen LogP contribution is 2.22. The van der Waals surface area contributed by atoms with E-state index in [2.05, 4.69) is 15.2 Å². The van der Waals surface area contributed by atoms with E-state index in [1.54, 1.807) is 13.3 Å². The number of methoxy groups -OCH3 is 1. The molecule has 2 rings (SSSR count). The number of aromatic nitrogens is 1. The second-order valence-corrected chi connectivity index (χ2v) is 5.69. The third kappa shape index (κ3) is 4.70. The number of piperidine rings is 1.